The maximum Gasteiger partial charge on any atom is 0.338 e. The first-order valence-corrected chi connectivity index (χ1v) is 10.1. The zero-order valence-corrected chi connectivity index (χ0v) is 17.4. The molecule has 160 valence electrons. The number of carbonyl (C=O) groups excluding carboxylic acids is 2. The summed E-state index contributed by atoms with van der Waals surface area (Å²) >= 11 is 0. The minimum Gasteiger partial charge on any atom is -0.618 e. The Morgan fingerprint density at radius 1 is 0.906 bits per heavy atom. The predicted octanol–water partition coefficient (Wildman–Crippen LogP) is 3.85. The van der Waals surface area contributed by atoms with Crippen LogP contribution in [-0.2, 0) is 11.3 Å². The second-order valence-corrected chi connectivity index (χ2v) is 6.92. The number of ether oxygens (including phenoxy) is 2. The highest BCUT2D eigenvalue weighted by Gasteiger charge is 2.28. The molecule has 0 bridgehead atoms. The zero-order chi connectivity index (χ0) is 22.5. The van der Waals surface area contributed by atoms with Gasteiger partial charge in [-0.3, -0.25) is 4.79 Å². The van der Waals surface area contributed by atoms with Gasteiger partial charge in [-0.15, -0.1) is 0 Å². The third kappa shape index (κ3) is 4.27. The van der Waals surface area contributed by atoms with E-state index in [9.17, 15) is 14.8 Å². The van der Waals surface area contributed by atoms with Crippen molar-refractivity contribution in [1.29, 1.82) is 0 Å². The van der Waals surface area contributed by atoms with E-state index < -0.39 is 11.8 Å². The van der Waals surface area contributed by atoms with Gasteiger partial charge in [0.2, 0.25) is 5.52 Å². The van der Waals surface area contributed by atoms with Crippen molar-refractivity contribution in [3.63, 3.8) is 0 Å². The number of nitrogens with zero attached hydrogens (tertiary/aromatic N) is 2. The van der Waals surface area contributed by atoms with Gasteiger partial charge in [-0.1, -0.05) is 42.5 Å². The number of esters is 1. The number of aromatic nitrogens is 2. The lowest BCUT2D eigenvalue weighted by Gasteiger charge is -2.12. The van der Waals surface area contributed by atoms with Gasteiger partial charge in [-0.2, -0.15) is 4.73 Å². The van der Waals surface area contributed by atoms with Crippen LogP contribution >= 0.6 is 0 Å². The summed E-state index contributed by atoms with van der Waals surface area (Å²) in [7, 11) is 0. The van der Waals surface area contributed by atoms with E-state index in [2.05, 4.69) is 4.98 Å². The minimum atomic E-state index is -0.599. The van der Waals surface area contributed by atoms with Gasteiger partial charge in [0.15, 0.2) is 5.69 Å². The fourth-order valence-corrected chi connectivity index (χ4v) is 3.29. The lowest BCUT2D eigenvalue weighted by molar-refractivity contribution is -0.580. The Bertz CT molecular complexity index is 1270. The Kier molecular flexibility index (Phi) is 6.07. The molecule has 0 unspecified atom stereocenters. The molecule has 4 aromatic rings. The first kappa shape index (κ1) is 21.0. The zero-order valence-electron chi connectivity index (χ0n) is 17.4. The van der Waals surface area contributed by atoms with Gasteiger partial charge in [0.05, 0.1) is 12.2 Å². The molecule has 3 aromatic carbocycles. The molecule has 1 aromatic heterocycles. The van der Waals surface area contributed by atoms with Crippen molar-refractivity contribution in [3.8, 4) is 5.75 Å². The molecule has 4 rings (SSSR count). The summed E-state index contributed by atoms with van der Waals surface area (Å²) < 4.78 is 11.3. The highest BCUT2D eigenvalue weighted by atomic mass is 16.5. The summed E-state index contributed by atoms with van der Waals surface area (Å²) in [5.41, 5.74) is 1.24. The molecular weight excluding hydrogens is 408 g/mol. The maximum absolute atomic E-state index is 13.1. The molecule has 7 heteroatoms. The molecule has 1 heterocycles. The Morgan fingerprint density at radius 2 is 1.59 bits per heavy atom. The second kappa shape index (κ2) is 9.26. The average molecular weight is 428 g/mol. The number of para-hydroxylation sites is 2. The van der Waals surface area contributed by atoms with Crippen molar-refractivity contribution in [2.45, 2.75) is 13.5 Å². The first-order valence-electron chi connectivity index (χ1n) is 10.1. The molecule has 0 aliphatic rings. The first-order chi connectivity index (χ1) is 15.6. The van der Waals surface area contributed by atoms with Crippen molar-refractivity contribution >= 4 is 22.8 Å². The predicted molar refractivity (Wildman–Crippen MR) is 117 cm³/mol. The summed E-state index contributed by atoms with van der Waals surface area (Å²) in [5, 5.41) is 13.1. The molecule has 7 nitrogen and oxygen atoms in total. The van der Waals surface area contributed by atoms with E-state index in [1.165, 1.54) is 0 Å². The van der Waals surface area contributed by atoms with Crippen molar-refractivity contribution < 1.29 is 23.8 Å². The van der Waals surface area contributed by atoms with Gasteiger partial charge < -0.3 is 14.7 Å². The molecule has 32 heavy (non-hydrogen) atoms. The number of hydrogen-bond donors (Lipinski definition) is 0. The number of carbonyl (C=O) groups is 2. The van der Waals surface area contributed by atoms with Crippen molar-refractivity contribution in [2.75, 3.05) is 6.61 Å². The average Bonchev–Trinajstić information content (AvgIpc) is 2.83. The Morgan fingerprint density at radius 3 is 2.31 bits per heavy atom. The topological polar surface area (TPSA) is 92.4 Å². The van der Waals surface area contributed by atoms with Gasteiger partial charge >= 0.3 is 5.97 Å². The fraction of sp³-hybridized carbons (Fsp3) is 0.120. The Hall–Kier alpha value is -4.26. The van der Waals surface area contributed by atoms with Crippen molar-refractivity contribution in [1.82, 2.24) is 4.98 Å². The van der Waals surface area contributed by atoms with E-state index in [0.717, 1.165) is 0 Å². The smallest absolute Gasteiger partial charge is 0.338 e. The van der Waals surface area contributed by atoms with Crippen LogP contribution in [0.25, 0.3) is 11.0 Å². The highest BCUT2D eigenvalue weighted by molar-refractivity contribution is 6.07. The molecule has 0 N–H and O–H groups in total. The third-order valence-corrected chi connectivity index (χ3v) is 4.82. The molecule has 0 aliphatic carbocycles. The quantitative estimate of drug-likeness (QED) is 0.192. The highest BCUT2D eigenvalue weighted by Crippen LogP contribution is 2.17. The van der Waals surface area contributed by atoms with Crippen molar-refractivity contribution in [3.05, 3.63) is 107 Å². The third-order valence-electron chi connectivity index (χ3n) is 4.82. The van der Waals surface area contributed by atoms with E-state index in [1.807, 2.05) is 6.92 Å². The van der Waals surface area contributed by atoms with Crippen LogP contribution in [0, 0.1) is 5.21 Å². The largest absolute Gasteiger partial charge is 0.618 e. The molecule has 0 saturated heterocycles. The number of fused-ring (bicyclic) bond motifs is 1. The van der Waals surface area contributed by atoms with E-state index in [-0.39, 0.29) is 23.5 Å². The molecule has 0 spiro atoms. The Labute approximate surface area is 184 Å². The molecule has 0 saturated carbocycles. The summed E-state index contributed by atoms with van der Waals surface area (Å²) in [6.07, 6.45) is 0. The van der Waals surface area contributed by atoms with Gasteiger partial charge in [-0.05, 0) is 37.3 Å². The maximum atomic E-state index is 13.1. The standard InChI is InChI=1S/C25H20N2O5/c1-2-31-19-14-12-18(13-15-19)25(29)32-16-21-23(24(28)17-8-4-3-5-9-17)27(30)22-11-7-6-10-20(22)26-21/h3-15H,2,16H2,1H3. The van der Waals surface area contributed by atoms with Gasteiger partial charge in [0.1, 0.15) is 17.9 Å². The van der Waals surface area contributed by atoms with E-state index in [4.69, 9.17) is 9.47 Å². The number of benzene rings is 3. The van der Waals surface area contributed by atoms with Crippen LogP contribution in [0.2, 0.25) is 0 Å². The van der Waals surface area contributed by atoms with E-state index in [1.54, 1.807) is 78.9 Å². The monoisotopic (exact) mass is 428 g/mol. The van der Waals surface area contributed by atoms with Crippen LogP contribution in [0.4, 0.5) is 0 Å². The Balaban J connectivity index is 1.66. The molecule has 0 aliphatic heterocycles. The van der Waals surface area contributed by atoms with Crippen LogP contribution < -0.4 is 9.47 Å². The fourth-order valence-electron chi connectivity index (χ4n) is 3.29. The van der Waals surface area contributed by atoms with E-state index in [0.29, 0.717) is 33.7 Å². The van der Waals surface area contributed by atoms with Crippen LogP contribution in [0.5, 0.6) is 5.75 Å². The SMILES string of the molecule is CCOc1ccc(C(=O)OCc2nc3ccccc3[n+]([O-])c2C(=O)c2ccccc2)cc1. The number of hydrogen-bond acceptors (Lipinski definition) is 6. The lowest BCUT2D eigenvalue weighted by atomic mass is 10.1. The normalized spacial score (nSPS) is 10.7. The molecule has 0 atom stereocenters. The second-order valence-electron chi connectivity index (χ2n) is 6.92. The molecule has 0 fully saturated rings. The molecule has 0 radical (unpaired) electrons. The van der Waals surface area contributed by atoms with E-state index >= 15 is 0 Å². The summed E-state index contributed by atoms with van der Waals surface area (Å²) in [4.78, 5) is 30.1. The molecular formula is C25H20N2O5. The number of ketones is 1. The molecule has 0 amide bonds. The van der Waals surface area contributed by atoms with Crippen molar-refractivity contribution in [2.24, 2.45) is 0 Å². The summed E-state index contributed by atoms with van der Waals surface area (Å²) in [6, 6.07) is 21.6. The van der Waals surface area contributed by atoms with Gasteiger partial charge in [-0.25, -0.2) is 9.78 Å². The number of rotatable bonds is 7. The van der Waals surface area contributed by atoms with Gasteiger partial charge in [0, 0.05) is 11.6 Å². The van der Waals surface area contributed by atoms with Crippen LogP contribution in [0.15, 0.2) is 78.9 Å². The lowest BCUT2D eigenvalue weighted by Crippen LogP contribution is -2.38. The summed E-state index contributed by atoms with van der Waals surface area (Å²) in [5.74, 6) is -0.451. The van der Waals surface area contributed by atoms with Gasteiger partial charge in [0.25, 0.3) is 11.5 Å². The summed E-state index contributed by atoms with van der Waals surface area (Å²) in [6.45, 7) is 2.06. The van der Waals surface area contributed by atoms with Crippen LogP contribution in [0.3, 0.4) is 0 Å². The van der Waals surface area contributed by atoms with Crippen LogP contribution in [0.1, 0.15) is 39.0 Å². The minimum absolute atomic E-state index is 0.0897. The van der Waals surface area contributed by atoms with Crippen LogP contribution in [-0.4, -0.2) is 23.3 Å².